The lowest BCUT2D eigenvalue weighted by molar-refractivity contribution is 0.0453. The van der Waals surface area contributed by atoms with Gasteiger partial charge in [-0.25, -0.2) is 23.1 Å². The lowest BCUT2D eigenvalue weighted by Gasteiger charge is -2.45. The Kier molecular flexibility index (Phi) is 17.0. The van der Waals surface area contributed by atoms with Gasteiger partial charge < -0.3 is 39.7 Å². The predicted molar refractivity (Wildman–Crippen MR) is 318 cm³/mol. The van der Waals surface area contributed by atoms with Gasteiger partial charge in [-0.2, -0.15) is 0 Å². The Labute approximate surface area is 487 Å². The number of aromatic carboxylic acids is 2. The highest BCUT2D eigenvalue weighted by molar-refractivity contribution is 7.89. The van der Waals surface area contributed by atoms with E-state index in [2.05, 4.69) is 47.1 Å². The van der Waals surface area contributed by atoms with Gasteiger partial charge in [0.25, 0.3) is 0 Å². The maximum absolute atomic E-state index is 11.9. The summed E-state index contributed by atoms with van der Waals surface area (Å²) in [6, 6.07) is 22.7. The lowest BCUT2D eigenvalue weighted by Crippen LogP contribution is -2.49. The Morgan fingerprint density at radius 1 is 0.642 bits per heavy atom. The van der Waals surface area contributed by atoms with Crippen molar-refractivity contribution in [1.29, 1.82) is 0 Å². The quantitative estimate of drug-likeness (QED) is 0.0707. The molecule has 8 aliphatic rings. The van der Waals surface area contributed by atoms with Crippen LogP contribution in [0.15, 0.2) is 97.1 Å². The van der Waals surface area contributed by atoms with E-state index in [1.165, 1.54) is 35.1 Å². The van der Waals surface area contributed by atoms with Gasteiger partial charge in [-0.05, 0) is 221 Å². The smallest absolute Gasteiger partial charge is 0.335 e. The number of hydrogen-bond acceptors (Lipinski definition) is 10. The minimum absolute atomic E-state index is 0.0158. The van der Waals surface area contributed by atoms with Gasteiger partial charge in [-0.15, -0.1) is 0 Å². The number of allylic oxidation sites excluding steroid dienone is 2. The first-order valence-corrected chi connectivity index (χ1v) is 32.0. The Hall–Kier alpha value is -5.09. The zero-order valence-corrected chi connectivity index (χ0v) is 48.8. The molecule has 16 heteroatoms. The van der Waals surface area contributed by atoms with Crippen molar-refractivity contribution in [3.63, 3.8) is 0 Å². The molecule has 4 aromatic rings. The van der Waals surface area contributed by atoms with Gasteiger partial charge in [0.15, 0.2) is 0 Å². The van der Waals surface area contributed by atoms with Gasteiger partial charge in [-0.3, -0.25) is 0 Å². The predicted octanol–water partition coefficient (Wildman–Crippen LogP) is 11.8. The van der Waals surface area contributed by atoms with Crippen LogP contribution in [0, 0.1) is 41.4 Å². The van der Waals surface area contributed by atoms with Crippen molar-refractivity contribution < 1.29 is 47.9 Å². The van der Waals surface area contributed by atoms with E-state index in [1.807, 2.05) is 36.4 Å². The molecule has 12 rings (SSSR count). The van der Waals surface area contributed by atoms with Crippen molar-refractivity contribution in [2.75, 3.05) is 49.2 Å². The van der Waals surface area contributed by atoms with Crippen LogP contribution in [0.25, 0.3) is 0 Å². The summed E-state index contributed by atoms with van der Waals surface area (Å²) in [6.07, 6.45) is 22.6. The number of halogens is 2. The molecule has 12 atom stereocenters. The normalized spacial score (nSPS) is 30.0. The minimum Gasteiger partial charge on any atom is -0.490 e. The molecule has 6 N–H and O–H groups in total. The van der Waals surface area contributed by atoms with Crippen LogP contribution < -0.4 is 24.4 Å². The maximum Gasteiger partial charge on any atom is 0.335 e. The number of nitrogens with zero attached hydrogens (tertiary/aromatic N) is 2. The van der Waals surface area contributed by atoms with E-state index in [9.17, 15) is 38.4 Å². The molecule has 0 radical (unpaired) electrons. The average molecular weight is 1170 g/mol. The molecule has 434 valence electrons. The number of carboxylic acid groups (broad SMARTS) is 2. The van der Waals surface area contributed by atoms with Crippen molar-refractivity contribution >= 4 is 56.5 Å². The van der Waals surface area contributed by atoms with Crippen LogP contribution in [0.5, 0.6) is 11.5 Å². The Morgan fingerprint density at radius 2 is 1.10 bits per heavy atom. The van der Waals surface area contributed by atoms with Crippen LogP contribution >= 0.6 is 23.2 Å². The van der Waals surface area contributed by atoms with E-state index in [0.29, 0.717) is 50.8 Å². The number of anilines is 2. The number of aliphatic hydroxyl groups is 2. The summed E-state index contributed by atoms with van der Waals surface area (Å²) >= 11 is 12.7. The fraction of sp³-hybridized carbons (Fsp3) is 0.538. The van der Waals surface area contributed by atoms with Crippen LogP contribution in [-0.4, -0.2) is 97.6 Å². The molecule has 0 bridgehead atoms. The van der Waals surface area contributed by atoms with Gasteiger partial charge >= 0.3 is 11.9 Å². The maximum atomic E-state index is 11.9. The summed E-state index contributed by atoms with van der Waals surface area (Å²) in [5.41, 5.74) is 6.74. The van der Waals surface area contributed by atoms with Crippen LogP contribution in [0.4, 0.5) is 11.4 Å². The van der Waals surface area contributed by atoms with E-state index >= 15 is 0 Å². The van der Waals surface area contributed by atoms with Gasteiger partial charge in [0, 0.05) is 47.1 Å². The van der Waals surface area contributed by atoms with Gasteiger partial charge in [0.1, 0.15) is 11.5 Å². The van der Waals surface area contributed by atoms with E-state index in [-0.39, 0.29) is 45.6 Å². The molecule has 2 spiro atoms. The second-order valence-electron chi connectivity index (χ2n) is 25.3. The van der Waals surface area contributed by atoms with Crippen LogP contribution in [0.1, 0.15) is 140 Å². The number of carboxylic acids is 2. The molecule has 0 amide bonds. The van der Waals surface area contributed by atoms with Gasteiger partial charge in [-0.1, -0.05) is 73.0 Å². The van der Waals surface area contributed by atoms with Crippen molar-refractivity contribution in [2.45, 2.75) is 138 Å². The SMILES string of the molecule is C[C@@H]1CC[C@H]1C/C=C/[C@H](O)[C@@H]1CC[C@H]1CN1C[C@@]2(CCCc3cc(Cl)ccc32)COc2ccc(C(=O)O)cc21.NS(=O)(=O)[C@H]1CC[C@@H]1C/C=C/[C@H](O)[C@@H]1CC[C@H]1CN1C[C@@]2(CCCc3cc(Cl)ccc32)COc2ccc(C(=O)O)cc21. The first-order chi connectivity index (χ1) is 38.9. The third kappa shape index (κ3) is 12.2. The van der Waals surface area contributed by atoms with Crippen LogP contribution in [0.2, 0.25) is 10.0 Å². The van der Waals surface area contributed by atoms with Crippen molar-refractivity contribution in [1.82, 2.24) is 0 Å². The highest BCUT2D eigenvalue weighted by atomic mass is 35.5. The second-order valence-corrected chi connectivity index (χ2v) is 27.9. The summed E-state index contributed by atoms with van der Waals surface area (Å²) in [6.45, 7) is 6.27. The summed E-state index contributed by atoms with van der Waals surface area (Å²) in [4.78, 5) is 28.4. The molecule has 13 nitrogen and oxygen atoms in total. The summed E-state index contributed by atoms with van der Waals surface area (Å²) < 4.78 is 36.4. The number of hydrogen-bond donors (Lipinski definition) is 5. The Balaban J connectivity index is 0.000000171. The number of benzene rings is 4. The first-order valence-electron chi connectivity index (χ1n) is 29.7. The molecule has 4 aromatic carbocycles. The molecule has 4 saturated carbocycles. The first kappa shape index (κ1) is 57.7. The number of nitrogens with two attached hydrogens (primary N) is 1. The molecule has 4 fully saturated rings. The average Bonchev–Trinajstić information content (AvgIpc) is 3.49. The summed E-state index contributed by atoms with van der Waals surface area (Å²) in [5, 5.41) is 48.0. The standard InChI is InChI=1S/C33H40ClNO4.C32H39ClN2O6S/c1-21-7-8-22(21)4-2-6-30(36)27-12-9-25(27)18-35-19-33(15-3-5-23-16-26(34)11-13-28(23)33)20-39-31-14-10-24(32(37)38)17-29(31)35;33-24-9-11-26-21(15-24)4-2-14-32(26)18-35(27-16-22(31(37)38)7-12-29(27)41-19-32)17-23-6-10-25(23)28(36)5-1-3-20-8-13-30(20)42(34,39)40/h2,6,10-11,13-14,16-17,21-22,25,27,30,36H,3-5,7-9,12,15,18-20H2,1H3,(H,37,38);1,5,7,9,11-12,15-16,20,23,25,28,30,36H,2-4,6,8,10,13-14,17-19H2,(H,37,38)(H2,34,39,40)/b6-2+;5-1+/t21-,22-,25+,27-,30+,33+;20-,23-,25+,28-,30-,32-/m10/s1. The fourth-order valence-electron chi connectivity index (χ4n) is 15.0. The Bertz CT molecular complexity index is 3170. The zero-order valence-electron chi connectivity index (χ0n) is 46.4. The number of carbonyl (C=O) groups is 2. The van der Waals surface area contributed by atoms with Gasteiger partial charge in [0.2, 0.25) is 10.0 Å². The number of aliphatic hydroxyl groups excluding tert-OH is 2. The summed E-state index contributed by atoms with van der Waals surface area (Å²) in [5.74, 6) is 1.95. The molecule has 0 saturated heterocycles. The number of ether oxygens (including phenoxy) is 2. The Morgan fingerprint density at radius 3 is 1.48 bits per heavy atom. The van der Waals surface area contributed by atoms with Gasteiger partial charge in [0.05, 0.1) is 53.2 Å². The van der Waals surface area contributed by atoms with Crippen molar-refractivity contribution in [2.24, 2.45) is 46.6 Å². The largest absolute Gasteiger partial charge is 0.490 e. The number of sulfonamides is 1. The van der Waals surface area contributed by atoms with Crippen molar-refractivity contribution in [3.8, 4) is 11.5 Å². The van der Waals surface area contributed by atoms with Crippen molar-refractivity contribution in [3.05, 3.63) is 141 Å². The number of fused-ring (bicyclic) bond motifs is 6. The molecule has 6 aliphatic carbocycles. The second kappa shape index (κ2) is 23.9. The third-order valence-electron chi connectivity index (χ3n) is 20.4. The number of aryl methyl sites for hydroxylation is 2. The fourth-order valence-corrected chi connectivity index (χ4v) is 16.6. The van der Waals surface area contributed by atoms with E-state index < -0.39 is 39.4 Å². The molecular weight excluding hydrogens is 1090 g/mol. The zero-order chi connectivity index (χ0) is 56.8. The molecule has 2 aliphatic heterocycles. The minimum atomic E-state index is -3.52. The molecular formula is C65H79Cl2N3O10S. The molecule has 0 unspecified atom stereocenters. The lowest BCUT2D eigenvalue weighted by atomic mass is 9.68. The van der Waals surface area contributed by atoms with E-state index in [1.54, 1.807) is 30.3 Å². The van der Waals surface area contributed by atoms with E-state index in [4.69, 9.17) is 37.8 Å². The molecule has 0 aromatic heterocycles. The highest BCUT2D eigenvalue weighted by Gasteiger charge is 2.47. The van der Waals surface area contributed by atoms with E-state index in [0.717, 1.165) is 129 Å². The topological polar surface area (TPSA) is 200 Å². The third-order valence-corrected chi connectivity index (χ3v) is 22.4. The van der Waals surface area contributed by atoms with Crippen LogP contribution in [0.3, 0.4) is 0 Å². The molecule has 2 heterocycles. The highest BCUT2D eigenvalue weighted by Crippen LogP contribution is 2.50. The number of primary sulfonamides is 1. The summed E-state index contributed by atoms with van der Waals surface area (Å²) in [7, 11) is -3.52. The molecule has 81 heavy (non-hydrogen) atoms. The number of rotatable bonds is 15. The monoisotopic (exact) mass is 1160 g/mol. The van der Waals surface area contributed by atoms with Crippen LogP contribution in [-0.2, 0) is 33.7 Å².